The van der Waals surface area contributed by atoms with Crippen LogP contribution in [0, 0.1) is 0 Å². The fraction of sp³-hybridized carbons (Fsp3) is 0.238. The van der Waals surface area contributed by atoms with Gasteiger partial charge in [0, 0.05) is 17.2 Å². The molecule has 0 aromatic carbocycles. The minimum absolute atomic E-state index is 0.132. The SMILES string of the molecule is CO/N=C(/C(=O)N[C@@H]1C(=O)N2C(C(=O)[O-])=C(C[n+]3cccc4ccsc43)SC[C@H]12)c1csc(N)n1. The molecule has 2 aliphatic heterocycles. The number of anilines is 1. The normalized spacial score (nSPS) is 20.0. The van der Waals surface area contributed by atoms with Crippen molar-refractivity contribution in [2.24, 2.45) is 5.16 Å². The molecule has 2 aliphatic rings. The lowest BCUT2D eigenvalue weighted by molar-refractivity contribution is -0.659. The third-order valence-corrected chi connectivity index (χ3v) is 8.40. The van der Waals surface area contributed by atoms with Crippen LogP contribution in [0.3, 0.4) is 0 Å². The van der Waals surface area contributed by atoms with Crippen molar-refractivity contribution < 1.29 is 28.9 Å². The number of thiazole rings is 1. The van der Waals surface area contributed by atoms with Crippen LogP contribution in [0.15, 0.2) is 50.9 Å². The zero-order chi connectivity index (χ0) is 24.7. The lowest BCUT2D eigenvalue weighted by Gasteiger charge is -2.50. The number of allylic oxidation sites excluding steroid dienone is 1. The molecule has 2 amide bonds. The zero-order valence-electron chi connectivity index (χ0n) is 18.2. The summed E-state index contributed by atoms with van der Waals surface area (Å²) in [7, 11) is 1.28. The number of pyridine rings is 1. The average molecular weight is 531 g/mol. The molecule has 3 N–H and O–H groups in total. The molecular weight excluding hydrogens is 512 g/mol. The fourth-order valence-corrected chi connectivity index (χ4v) is 6.73. The quantitative estimate of drug-likeness (QED) is 0.182. The van der Waals surface area contributed by atoms with Crippen LogP contribution in [0.2, 0.25) is 0 Å². The zero-order valence-corrected chi connectivity index (χ0v) is 20.6. The van der Waals surface area contributed by atoms with Gasteiger partial charge in [0.1, 0.15) is 18.8 Å². The van der Waals surface area contributed by atoms with Gasteiger partial charge in [-0.25, -0.2) is 4.98 Å². The third-order valence-electron chi connectivity index (χ3n) is 5.59. The van der Waals surface area contributed by atoms with Crippen molar-refractivity contribution in [1.29, 1.82) is 0 Å². The van der Waals surface area contributed by atoms with Crippen molar-refractivity contribution in [2.45, 2.75) is 18.6 Å². The number of carboxylic acids is 1. The Bertz CT molecular complexity index is 1410. The van der Waals surface area contributed by atoms with E-state index in [2.05, 4.69) is 15.5 Å². The first-order valence-corrected chi connectivity index (χ1v) is 13.0. The number of aromatic nitrogens is 2. The number of carbonyl (C=O) groups excluding carboxylic acids is 3. The van der Waals surface area contributed by atoms with E-state index in [9.17, 15) is 19.5 Å². The lowest BCUT2D eigenvalue weighted by atomic mass is 9.94. The van der Waals surface area contributed by atoms with Crippen LogP contribution in [0.5, 0.6) is 0 Å². The lowest BCUT2D eigenvalue weighted by Crippen LogP contribution is -2.73. The van der Waals surface area contributed by atoms with E-state index in [4.69, 9.17) is 10.6 Å². The van der Waals surface area contributed by atoms with Gasteiger partial charge in [-0.2, -0.15) is 4.57 Å². The Balaban J connectivity index is 1.38. The summed E-state index contributed by atoms with van der Waals surface area (Å²) in [5.41, 5.74) is 5.56. The van der Waals surface area contributed by atoms with Crippen LogP contribution >= 0.6 is 34.4 Å². The van der Waals surface area contributed by atoms with Crippen LogP contribution in [0.4, 0.5) is 5.13 Å². The molecule has 14 heteroatoms. The molecule has 5 rings (SSSR count). The van der Waals surface area contributed by atoms with Gasteiger partial charge in [0.2, 0.25) is 0 Å². The first kappa shape index (κ1) is 23.3. The molecule has 5 heterocycles. The van der Waals surface area contributed by atoms with Crippen LogP contribution in [-0.2, 0) is 25.8 Å². The van der Waals surface area contributed by atoms with Crippen LogP contribution in [-0.4, -0.2) is 58.3 Å². The highest BCUT2D eigenvalue weighted by molar-refractivity contribution is 8.03. The number of thiophene rings is 1. The maximum Gasteiger partial charge on any atom is 0.276 e. The molecule has 0 aliphatic carbocycles. The van der Waals surface area contributed by atoms with Crippen molar-refractivity contribution in [3.63, 3.8) is 0 Å². The Morgan fingerprint density at radius 3 is 2.94 bits per heavy atom. The Morgan fingerprint density at radius 1 is 1.40 bits per heavy atom. The molecule has 0 saturated carbocycles. The number of rotatable bonds is 7. The van der Waals surface area contributed by atoms with Crippen molar-refractivity contribution in [2.75, 3.05) is 18.6 Å². The van der Waals surface area contributed by atoms with Gasteiger partial charge in [-0.05, 0) is 17.5 Å². The topological polar surface area (TPSA) is 154 Å². The molecule has 11 nitrogen and oxygen atoms in total. The van der Waals surface area contributed by atoms with Gasteiger partial charge in [-0.1, -0.05) is 16.5 Å². The van der Waals surface area contributed by atoms with Gasteiger partial charge < -0.3 is 30.7 Å². The second-order valence-electron chi connectivity index (χ2n) is 7.61. The maximum absolute atomic E-state index is 13.0. The molecule has 2 atom stereocenters. The minimum Gasteiger partial charge on any atom is -0.543 e. The van der Waals surface area contributed by atoms with E-state index in [-0.39, 0.29) is 28.8 Å². The highest BCUT2D eigenvalue weighted by atomic mass is 32.2. The number of fused-ring (bicyclic) bond motifs is 2. The molecule has 35 heavy (non-hydrogen) atoms. The van der Waals surface area contributed by atoms with E-state index in [1.165, 1.54) is 23.8 Å². The highest BCUT2D eigenvalue weighted by Gasteiger charge is 2.53. The number of nitrogens with two attached hydrogens (primary N) is 1. The maximum atomic E-state index is 13.0. The average Bonchev–Trinajstić information content (AvgIpc) is 3.49. The van der Waals surface area contributed by atoms with Gasteiger partial charge in [-0.3, -0.25) is 9.59 Å². The fourth-order valence-electron chi connectivity index (χ4n) is 4.04. The molecule has 3 aromatic heterocycles. The first-order valence-electron chi connectivity index (χ1n) is 10.3. The van der Waals surface area contributed by atoms with E-state index < -0.39 is 29.9 Å². The van der Waals surface area contributed by atoms with E-state index in [0.717, 1.165) is 21.6 Å². The number of amides is 2. The Labute approximate surface area is 210 Å². The number of carboxylic acid groups (broad SMARTS) is 1. The van der Waals surface area contributed by atoms with E-state index in [0.29, 0.717) is 10.7 Å². The molecule has 1 saturated heterocycles. The summed E-state index contributed by atoms with van der Waals surface area (Å²) in [5.74, 6) is -2.24. The molecule has 180 valence electrons. The Morgan fingerprint density at radius 2 is 2.23 bits per heavy atom. The second-order valence-corrected chi connectivity index (χ2v) is 10.5. The molecular formula is C21H18N6O5S3. The summed E-state index contributed by atoms with van der Waals surface area (Å²) < 4.78 is 1.95. The van der Waals surface area contributed by atoms with Gasteiger partial charge in [0.25, 0.3) is 16.6 Å². The number of thioether (sulfide) groups is 1. The minimum atomic E-state index is -1.44. The van der Waals surface area contributed by atoms with Crippen LogP contribution in [0.25, 0.3) is 10.2 Å². The Kier molecular flexibility index (Phi) is 6.17. The first-order chi connectivity index (χ1) is 16.9. The van der Waals surface area contributed by atoms with E-state index >= 15 is 0 Å². The molecule has 0 unspecified atom stereocenters. The van der Waals surface area contributed by atoms with Gasteiger partial charge in [-0.15, -0.1) is 23.1 Å². The summed E-state index contributed by atoms with van der Waals surface area (Å²) >= 11 is 4.01. The summed E-state index contributed by atoms with van der Waals surface area (Å²) in [6.45, 7) is 0.287. The molecule has 0 bridgehead atoms. The van der Waals surface area contributed by atoms with Crippen molar-refractivity contribution in [3.8, 4) is 0 Å². The smallest absolute Gasteiger partial charge is 0.276 e. The van der Waals surface area contributed by atoms with Gasteiger partial charge in [0.05, 0.1) is 28.0 Å². The van der Waals surface area contributed by atoms with Gasteiger partial charge >= 0.3 is 0 Å². The monoisotopic (exact) mass is 530 g/mol. The summed E-state index contributed by atoms with van der Waals surface area (Å²) in [6.07, 6.45) is 1.87. The van der Waals surface area contributed by atoms with E-state index in [1.807, 2.05) is 34.3 Å². The van der Waals surface area contributed by atoms with Gasteiger partial charge in [0.15, 0.2) is 23.6 Å². The number of nitrogens with one attached hydrogen (secondary N) is 1. The number of β-lactam (4-membered cyclic amide) rings is 1. The number of nitrogens with zero attached hydrogens (tertiary/aromatic N) is 4. The van der Waals surface area contributed by atoms with Crippen molar-refractivity contribution in [3.05, 3.63) is 51.5 Å². The number of carbonyl (C=O) groups is 3. The third kappa shape index (κ3) is 4.13. The second kappa shape index (κ2) is 9.28. The number of aliphatic carboxylic acids is 1. The van der Waals surface area contributed by atoms with Crippen molar-refractivity contribution in [1.82, 2.24) is 15.2 Å². The largest absolute Gasteiger partial charge is 0.543 e. The molecule has 3 aromatic rings. The predicted octanol–water partition coefficient (Wildman–Crippen LogP) is -0.318. The van der Waals surface area contributed by atoms with Crippen LogP contribution in [0.1, 0.15) is 5.69 Å². The molecule has 1 fully saturated rings. The molecule has 0 radical (unpaired) electrons. The molecule has 0 spiro atoms. The van der Waals surface area contributed by atoms with Crippen molar-refractivity contribution >= 4 is 73.3 Å². The number of nitrogen functional groups attached to an aromatic ring is 1. The number of hydrogen-bond donors (Lipinski definition) is 2. The standard InChI is InChI=1S/C21H18N6O5S3/c1-32-25-14(11-8-35-21(22)23-11)17(28)24-15-12-9-34-13(16(20(30)31)27(12)18(15)29)7-26-5-2-3-10-4-6-33-19(10)26/h2-6,8,12,15H,7,9H2,1H3,(H3-,22,23,24,28,30,31)/b25-14+/t12-,15+/m1/s1. The Hall–Kier alpha value is -3.49. The number of oxime groups is 1. The van der Waals surface area contributed by atoms with Crippen LogP contribution < -0.4 is 20.7 Å². The number of hydrogen-bond acceptors (Lipinski definition) is 11. The van der Waals surface area contributed by atoms with E-state index in [1.54, 1.807) is 16.7 Å². The summed E-state index contributed by atoms with van der Waals surface area (Å²) in [5, 5.41) is 23.2. The highest BCUT2D eigenvalue weighted by Crippen LogP contribution is 2.39. The summed E-state index contributed by atoms with van der Waals surface area (Å²) in [6, 6.07) is 4.40. The summed E-state index contributed by atoms with van der Waals surface area (Å²) in [4.78, 5) is 49.5. The predicted molar refractivity (Wildman–Crippen MR) is 129 cm³/mol.